The molecule has 0 fully saturated rings. The Morgan fingerprint density at radius 2 is 1.85 bits per heavy atom. The number of benzene rings is 3. The minimum absolute atomic E-state index is 0.325. The van der Waals surface area contributed by atoms with Gasteiger partial charge in [-0.15, -0.1) is 5.10 Å². The predicted octanol–water partition coefficient (Wildman–Crippen LogP) is 4.33. The lowest BCUT2D eigenvalue weighted by Crippen LogP contribution is -2.28. The first kappa shape index (κ1) is 23.1. The van der Waals surface area contributed by atoms with Gasteiger partial charge in [0.2, 0.25) is 0 Å². The molecule has 0 aliphatic heterocycles. The van der Waals surface area contributed by atoms with E-state index in [1.165, 1.54) is 11.0 Å². The van der Waals surface area contributed by atoms with Crippen LogP contribution in [0.1, 0.15) is 5.56 Å². The van der Waals surface area contributed by atoms with Crippen LogP contribution in [0.5, 0.6) is 17.2 Å². The maximum atomic E-state index is 12.5. The molecule has 10 heteroatoms. The van der Waals surface area contributed by atoms with E-state index in [4.69, 9.17) is 25.8 Å². The number of halogens is 1. The van der Waals surface area contributed by atoms with Gasteiger partial charge in [-0.1, -0.05) is 35.9 Å². The van der Waals surface area contributed by atoms with Crippen LogP contribution in [0.25, 0.3) is 16.8 Å². The third-order valence-corrected chi connectivity index (χ3v) is 5.36. The fraction of sp³-hybridized carbons (Fsp3) is 0.167. The van der Waals surface area contributed by atoms with Gasteiger partial charge in [-0.05, 0) is 58.3 Å². The van der Waals surface area contributed by atoms with Crippen LogP contribution in [0.3, 0.4) is 0 Å². The average Bonchev–Trinajstić information content (AvgIpc) is 3.39. The lowest BCUT2D eigenvalue weighted by atomic mass is 10.0. The van der Waals surface area contributed by atoms with E-state index in [1.54, 1.807) is 32.4 Å². The quantitative estimate of drug-likeness (QED) is 0.401. The molecule has 0 radical (unpaired) electrons. The van der Waals surface area contributed by atoms with Crippen molar-refractivity contribution in [3.63, 3.8) is 0 Å². The van der Waals surface area contributed by atoms with E-state index < -0.39 is 6.09 Å². The number of hydrogen-bond acceptors (Lipinski definition) is 7. The number of amides is 1. The van der Waals surface area contributed by atoms with Crippen molar-refractivity contribution in [3.8, 4) is 34.1 Å². The largest absolute Gasteiger partial charge is 0.493 e. The number of carbonyl (C=O) groups is 1. The first-order valence-electron chi connectivity index (χ1n) is 10.4. The lowest BCUT2D eigenvalue weighted by molar-refractivity contribution is 0.200. The van der Waals surface area contributed by atoms with Crippen LogP contribution >= 0.6 is 11.6 Å². The zero-order valence-electron chi connectivity index (χ0n) is 18.6. The Bertz CT molecular complexity index is 1280. The molecule has 0 spiro atoms. The van der Waals surface area contributed by atoms with Gasteiger partial charge < -0.3 is 19.5 Å². The molecule has 0 bridgehead atoms. The van der Waals surface area contributed by atoms with Gasteiger partial charge in [-0.25, -0.2) is 9.48 Å². The second kappa shape index (κ2) is 10.7. The van der Waals surface area contributed by atoms with Crippen molar-refractivity contribution in [2.45, 2.75) is 6.42 Å². The van der Waals surface area contributed by atoms with Crippen molar-refractivity contribution in [1.29, 1.82) is 0 Å². The SMILES string of the molecule is COc1ccc(CCNC(=O)Oc2cc(-c3ccccc3Cl)cc(-n3cnnn3)c2)cc1OC. The van der Waals surface area contributed by atoms with Gasteiger partial charge in [-0.2, -0.15) is 0 Å². The van der Waals surface area contributed by atoms with Gasteiger partial charge in [0.25, 0.3) is 0 Å². The van der Waals surface area contributed by atoms with Gasteiger partial charge in [0.15, 0.2) is 11.5 Å². The first-order chi connectivity index (χ1) is 16.6. The van der Waals surface area contributed by atoms with Crippen LogP contribution in [0, 0.1) is 0 Å². The van der Waals surface area contributed by atoms with E-state index in [2.05, 4.69) is 20.8 Å². The third kappa shape index (κ3) is 5.44. The molecule has 1 amide bonds. The van der Waals surface area contributed by atoms with Gasteiger partial charge in [0.1, 0.15) is 12.1 Å². The Balaban J connectivity index is 1.47. The first-order valence-corrected chi connectivity index (χ1v) is 10.7. The lowest BCUT2D eigenvalue weighted by Gasteiger charge is -2.12. The molecule has 0 saturated carbocycles. The summed E-state index contributed by atoms with van der Waals surface area (Å²) in [6.07, 6.45) is 1.46. The highest BCUT2D eigenvalue weighted by atomic mass is 35.5. The van der Waals surface area contributed by atoms with E-state index in [9.17, 15) is 4.79 Å². The van der Waals surface area contributed by atoms with Crippen LogP contribution in [0.2, 0.25) is 5.02 Å². The molecule has 34 heavy (non-hydrogen) atoms. The molecule has 0 aliphatic carbocycles. The Hall–Kier alpha value is -4.11. The number of rotatable bonds is 8. The summed E-state index contributed by atoms with van der Waals surface area (Å²) >= 11 is 6.38. The number of tetrazole rings is 1. The summed E-state index contributed by atoms with van der Waals surface area (Å²) in [6.45, 7) is 0.373. The maximum absolute atomic E-state index is 12.5. The average molecular weight is 480 g/mol. The zero-order valence-corrected chi connectivity index (χ0v) is 19.3. The molecule has 4 rings (SSSR count). The number of nitrogens with one attached hydrogen (secondary N) is 1. The Morgan fingerprint density at radius 1 is 1.03 bits per heavy atom. The number of hydrogen-bond donors (Lipinski definition) is 1. The van der Waals surface area contributed by atoms with E-state index >= 15 is 0 Å². The highest BCUT2D eigenvalue weighted by molar-refractivity contribution is 6.33. The van der Waals surface area contributed by atoms with Crippen LogP contribution in [-0.4, -0.2) is 47.1 Å². The molecule has 0 atom stereocenters. The summed E-state index contributed by atoms with van der Waals surface area (Å²) in [5.41, 5.74) is 3.15. The minimum atomic E-state index is -0.584. The highest BCUT2D eigenvalue weighted by Crippen LogP contribution is 2.32. The van der Waals surface area contributed by atoms with Gasteiger partial charge in [-0.3, -0.25) is 0 Å². The summed E-state index contributed by atoms with van der Waals surface area (Å²) < 4.78 is 17.6. The summed E-state index contributed by atoms with van der Waals surface area (Å²) in [5, 5.41) is 14.6. The Morgan fingerprint density at radius 3 is 2.59 bits per heavy atom. The molecule has 9 nitrogen and oxygen atoms in total. The van der Waals surface area contributed by atoms with Gasteiger partial charge >= 0.3 is 6.09 Å². The van der Waals surface area contributed by atoms with E-state index in [0.29, 0.717) is 40.9 Å². The maximum Gasteiger partial charge on any atom is 0.412 e. The van der Waals surface area contributed by atoms with Crippen LogP contribution in [0.4, 0.5) is 4.79 Å². The number of methoxy groups -OCH3 is 2. The summed E-state index contributed by atoms with van der Waals surface area (Å²) in [7, 11) is 3.16. The predicted molar refractivity (Wildman–Crippen MR) is 127 cm³/mol. The topological polar surface area (TPSA) is 100 Å². The highest BCUT2D eigenvalue weighted by Gasteiger charge is 2.12. The fourth-order valence-electron chi connectivity index (χ4n) is 3.39. The smallest absolute Gasteiger partial charge is 0.412 e. The van der Waals surface area contributed by atoms with Crippen molar-refractivity contribution in [2.75, 3.05) is 20.8 Å². The summed E-state index contributed by atoms with van der Waals surface area (Å²) in [6, 6.07) is 18.3. The van der Waals surface area contributed by atoms with Crippen molar-refractivity contribution in [3.05, 3.63) is 77.6 Å². The Labute approximate surface area is 201 Å². The zero-order chi connectivity index (χ0) is 23.9. The Kier molecular flexibility index (Phi) is 7.24. The molecule has 1 N–H and O–H groups in total. The second-order valence-electron chi connectivity index (χ2n) is 7.21. The monoisotopic (exact) mass is 479 g/mol. The summed E-state index contributed by atoms with van der Waals surface area (Å²) in [5.74, 6) is 1.61. The minimum Gasteiger partial charge on any atom is -0.493 e. The number of carbonyl (C=O) groups excluding carboxylic acids is 1. The molecule has 0 aliphatic rings. The molecule has 4 aromatic rings. The van der Waals surface area contributed by atoms with Crippen LogP contribution in [-0.2, 0) is 6.42 Å². The fourth-order valence-corrected chi connectivity index (χ4v) is 3.64. The van der Waals surface area contributed by atoms with Gasteiger partial charge in [0, 0.05) is 23.2 Å². The third-order valence-electron chi connectivity index (χ3n) is 5.03. The van der Waals surface area contributed by atoms with E-state index in [0.717, 1.165) is 16.7 Å². The summed E-state index contributed by atoms with van der Waals surface area (Å²) in [4.78, 5) is 12.5. The number of nitrogens with zero attached hydrogens (tertiary/aromatic N) is 4. The molecule has 0 saturated heterocycles. The molecule has 3 aromatic carbocycles. The standard InChI is InChI=1S/C24H22ClN5O4/c1-32-22-8-7-16(11-23(22)33-2)9-10-26-24(31)34-19-13-17(20-5-3-4-6-21(20)25)12-18(14-19)30-15-27-28-29-30/h3-8,11-15H,9-10H2,1-2H3,(H,26,31). The van der Waals surface area contributed by atoms with E-state index in [-0.39, 0.29) is 0 Å². The number of ether oxygens (including phenoxy) is 3. The van der Waals surface area contributed by atoms with Crippen molar-refractivity contribution in [2.24, 2.45) is 0 Å². The van der Waals surface area contributed by atoms with E-state index in [1.807, 2.05) is 42.5 Å². The molecule has 174 valence electrons. The van der Waals surface area contributed by atoms with Crippen molar-refractivity contribution in [1.82, 2.24) is 25.5 Å². The molecule has 0 unspecified atom stereocenters. The molecule has 1 aromatic heterocycles. The second-order valence-corrected chi connectivity index (χ2v) is 7.61. The number of aromatic nitrogens is 4. The van der Waals surface area contributed by atoms with Crippen molar-refractivity contribution >= 4 is 17.7 Å². The normalized spacial score (nSPS) is 10.6. The van der Waals surface area contributed by atoms with Crippen molar-refractivity contribution < 1.29 is 19.0 Å². The van der Waals surface area contributed by atoms with Gasteiger partial charge in [0.05, 0.1) is 19.9 Å². The molecule has 1 heterocycles. The van der Waals surface area contributed by atoms with Crippen LogP contribution < -0.4 is 19.5 Å². The molecular weight excluding hydrogens is 458 g/mol. The van der Waals surface area contributed by atoms with Crippen LogP contribution in [0.15, 0.2) is 67.0 Å². The molecular formula is C24H22ClN5O4.